The van der Waals surface area contributed by atoms with Crippen LogP contribution in [-0.4, -0.2) is 24.0 Å². The first kappa shape index (κ1) is 16.1. The number of amides is 1. The van der Waals surface area contributed by atoms with Gasteiger partial charge in [-0.3, -0.25) is 9.78 Å². The summed E-state index contributed by atoms with van der Waals surface area (Å²) in [6.07, 6.45) is 2.88. The van der Waals surface area contributed by atoms with Crippen LogP contribution in [0, 0.1) is 5.82 Å². The zero-order chi connectivity index (χ0) is 15.6. The Hall–Kier alpha value is -2.27. The minimum Gasteiger partial charge on any atom is -0.356 e. The highest BCUT2D eigenvalue weighted by atomic mass is 19.1. The summed E-state index contributed by atoms with van der Waals surface area (Å²) >= 11 is 0. The lowest BCUT2D eigenvalue weighted by atomic mass is 10.1. The standard InChI is InChI=1S/C17H20FN3O/c18-15-6-4-14(5-7-15)8-12-21-17(22)9-11-19-13-16-3-1-2-10-20-16/h1-7,10,19H,8-9,11-13H2,(H,21,22). The number of carbonyl (C=O) groups excluding carboxylic acids is 1. The van der Waals surface area contributed by atoms with E-state index in [1.807, 2.05) is 18.2 Å². The molecule has 1 aromatic heterocycles. The van der Waals surface area contributed by atoms with Crippen molar-refractivity contribution in [3.63, 3.8) is 0 Å². The normalized spacial score (nSPS) is 10.4. The first-order valence-electron chi connectivity index (χ1n) is 7.36. The average Bonchev–Trinajstić information content (AvgIpc) is 2.54. The van der Waals surface area contributed by atoms with E-state index in [2.05, 4.69) is 15.6 Å². The van der Waals surface area contributed by atoms with Crippen molar-refractivity contribution in [1.29, 1.82) is 0 Å². The molecule has 1 aromatic carbocycles. The summed E-state index contributed by atoms with van der Waals surface area (Å²) in [6.45, 7) is 1.83. The zero-order valence-electron chi connectivity index (χ0n) is 12.4. The Bertz CT molecular complexity index is 572. The van der Waals surface area contributed by atoms with E-state index in [1.165, 1.54) is 12.1 Å². The van der Waals surface area contributed by atoms with E-state index in [9.17, 15) is 9.18 Å². The largest absolute Gasteiger partial charge is 0.356 e. The molecular formula is C17H20FN3O. The van der Waals surface area contributed by atoms with Crippen LogP contribution in [0.3, 0.4) is 0 Å². The number of carbonyl (C=O) groups is 1. The molecule has 0 saturated heterocycles. The molecule has 2 rings (SSSR count). The quantitative estimate of drug-likeness (QED) is 0.734. The molecule has 0 aliphatic rings. The van der Waals surface area contributed by atoms with Crippen LogP contribution in [0.1, 0.15) is 17.7 Å². The number of rotatable bonds is 8. The molecule has 0 bridgehead atoms. The van der Waals surface area contributed by atoms with E-state index in [4.69, 9.17) is 0 Å². The first-order valence-corrected chi connectivity index (χ1v) is 7.36. The van der Waals surface area contributed by atoms with Gasteiger partial charge in [-0.1, -0.05) is 18.2 Å². The van der Waals surface area contributed by atoms with Gasteiger partial charge in [-0.2, -0.15) is 0 Å². The molecule has 4 nitrogen and oxygen atoms in total. The molecule has 2 N–H and O–H groups in total. The van der Waals surface area contributed by atoms with E-state index in [-0.39, 0.29) is 11.7 Å². The molecule has 5 heteroatoms. The number of hydrogen-bond donors (Lipinski definition) is 2. The van der Waals surface area contributed by atoms with Crippen molar-refractivity contribution in [3.05, 3.63) is 65.7 Å². The third kappa shape index (κ3) is 6.01. The Morgan fingerprint density at radius 3 is 2.64 bits per heavy atom. The molecular weight excluding hydrogens is 281 g/mol. The Labute approximate surface area is 129 Å². The van der Waals surface area contributed by atoms with Crippen LogP contribution >= 0.6 is 0 Å². The fourth-order valence-corrected chi connectivity index (χ4v) is 2.01. The first-order chi connectivity index (χ1) is 10.7. The van der Waals surface area contributed by atoms with Gasteiger partial charge < -0.3 is 10.6 Å². The Morgan fingerprint density at radius 1 is 1.09 bits per heavy atom. The highest BCUT2D eigenvalue weighted by molar-refractivity contribution is 5.76. The lowest BCUT2D eigenvalue weighted by Gasteiger charge is -2.06. The fraction of sp³-hybridized carbons (Fsp3) is 0.294. The summed E-state index contributed by atoms with van der Waals surface area (Å²) in [4.78, 5) is 15.9. The summed E-state index contributed by atoms with van der Waals surface area (Å²) in [6, 6.07) is 12.1. The van der Waals surface area contributed by atoms with Gasteiger partial charge in [0.2, 0.25) is 5.91 Å². The van der Waals surface area contributed by atoms with Gasteiger partial charge in [0.15, 0.2) is 0 Å². The maximum atomic E-state index is 12.8. The summed E-state index contributed by atoms with van der Waals surface area (Å²) < 4.78 is 12.8. The predicted octanol–water partition coefficient (Wildman–Crippen LogP) is 2.06. The third-order valence-corrected chi connectivity index (χ3v) is 3.21. The number of hydrogen-bond acceptors (Lipinski definition) is 3. The van der Waals surface area contributed by atoms with E-state index in [1.54, 1.807) is 18.3 Å². The number of halogens is 1. The molecule has 0 saturated carbocycles. The molecule has 22 heavy (non-hydrogen) atoms. The van der Waals surface area contributed by atoms with Crippen molar-refractivity contribution in [2.75, 3.05) is 13.1 Å². The van der Waals surface area contributed by atoms with Gasteiger partial charge in [0.1, 0.15) is 5.82 Å². The van der Waals surface area contributed by atoms with Crippen LogP contribution in [-0.2, 0) is 17.8 Å². The molecule has 116 valence electrons. The van der Waals surface area contributed by atoms with Crippen LogP contribution in [0.5, 0.6) is 0 Å². The second-order valence-corrected chi connectivity index (χ2v) is 4.97. The van der Waals surface area contributed by atoms with Gasteiger partial charge in [-0.25, -0.2) is 4.39 Å². The zero-order valence-corrected chi connectivity index (χ0v) is 12.4. The van der Waals surface area contributed by atoms with Gasteiger partial charge in [-0.05, 0) is 36.2 Å². The van der Waals surface area contributed by atoms with Gasteiger partial charge in [0.05, 0.1) is 5.69 Å². The highest BCUT2D eigenvalue weighted by Gasteiger charge is 2.01. The van der Waals surface area contributed by atoms with Gasteiger partial charge >= 0.3 is 0 Å². The fourth-order valence-electron chi connectivity index (χ4n) is 2.01. The van der Waals surface area contributed by atoms with Gasteiger partial charge in [-0.15, -0.1) is 0 Å². The van der Waals surface area contributed by atoms with E-state index < -0.39 is 0 Å². The topological polar surface area (TPSA) is 54.0 Å². The number of pyridine rings is 1. The van der Waals surface area contributed by atoms with Gasteiger partial charge in [0.25, 0.3) is 0 Å². The molecule has 0 atom stereocenters. The van der Waals surface area contributed by atoms with Crippen LogP contribution < -0.4 is 10.6 Å². The van der Waals surface area contributed by atoms with Crippen LogP contribution in [0.25, 0.3) is 0 Å². The molecule has 0 aliphatic heterocycles. The SMILES string of the molecule is O=C(CCNCc1ccccn1)NCCc1ccc(F)cc1. The number of nitrogens with zero attached hydrogens (tertiary/aromatic N) is 1. The molecule has 0 aliphatic carbocycles. The number of benzene rings is 1. The van der Waals surface area contributed by atoms with Crippen molar-refractivity contribution in [3.8, 4) is 0 Å². The summed E-state index contributed by atoms with van der Waals surface area (Å²) in [5, 5.41) is 6.04. The molecule has 0 spiro atoms. The third-order valence-electron chi connectivity index (χ3n) is 3.21. The molecule has 0 radical (unpaired) electrons. The molecule has 0 fully saturated rings. The minimum absolute atomic E-state index is 0.00984. The van der Waals surface area contributed by atoms with Crippen LogP contribution in [0.2, 0.25) is 0 Å². The second kappa shape index (κ2) is 8.89. The lowest BCUT2D eigenvalue weighted by Crippen LogP contribution is -2.29. The average molecular weight is 301 g/mol. The van der Waals surface area contributed by atoms with Crippen molar-refractivity contribution < 1.29 is 9.18 Å². The number of aromatic nitrogens is 1. The van der Waals surface area contributed by atoms with Crippen molar-refractivity contribution in [2.24, 2.45) is 0 Å². The Balaban J connectivity index is 1.55. The Morgan fingerprint density at radius 2 is 1.91 bits per heavy atom. The lowest BCUT2D eigenvalue weighted by molar-refractivity contribution is -0.120. The monoisotopic (exact) mass is 301 g/mol. The van der Waals surface area contributed by atoms with Crippen molar-refractivity contribution >= 4 is 5.91 Å². The smallest absolute Gasteiger partial charge is 0.221 e. The molecule has 2 aromatic rings. The highest BCUT2D eigenvalue weighted by Crippen LogP contribution is 2.02. The Kier molecular flexibility index (Phi) is 6.51. The second-order valence-electron chi connectivity index (χ2n) is 4.97. The van der Waals surface area contributed by atoms with Crippen LogP contribution in [0.15, 0.2) is 48.7 Å². The van der Waals surface area contributed by atoms with Crippen molar-refractivity contribution in [1.82, 2.24) is 15.6 Å². The predicted molar refractivity (Wildman–Crippen MR) is 83.7 cm³/mol. The molecule has 1 amide bonds. The number of nitrogens with one attached hydrogen (secondary N) is 2. The van der Waals surface area contributed by atoms with Crippen molar-refractivity contribution in [2.45, 2.75) is 19.4 Å². The summed E-state index contributed by atoms with van der Waals surface area (Å²) in [5.74, 6) is -0.234. The maximum Gasteiger partial charge on any atom is 0.221 e. The minimum atomic E-state index is -0.244. The van der Waals surface area contributed by atoms with E-state index in [0.717, 1.165) is 11.3 Å². The van der Waals surface area contributed by atoms with Gasteiger partial charge in [0, 0.05) is 32.3 Å². The molecule has 1 heterocycles. The van der Waals surface area contributed by atoms with E-state index >= 15 is 0 Å². The summed E-state index contributed by atoms with van der Waals surface area (Å²) in [7, 11) is 0. The van der Waals surface area contributed by atoms with E-state index in [0.29, 0.717) is 32.5 Å². The van der Waals surface area contributed by atoms with Crippen LogP contribution in [0.4, 0.5) is 4.39 Å². The summed E-state index contributed by atoms with van der Waals surface area (Å²) in [5.41, 5.74) is 1.97. The maximum absolute atomic E-state index is 12.8. The molecule has 0 unspecified atom stereocenters.